The van der Waals surface area contributed by atoms with Crippen molar-refractivity contribution in [1.29, 1.82) is 0 Å². The highest BCUT2D eigenvalue weighted by atomic mass is 16.5. The number of nitrogens with two attached hydrogens (primary N) is 1. The maximum Gasteiger partial charge on any atom is 0.246 e. The van der Waals surface area contributed by atoms with Crippen molar-refractivity contribution in [1.82, 2.24) is 4.90 Å². The number of likely N-dealkylation sites (tertiary alicyclic amines) is 1. The Morgan fingerprint density at radius 2 is 2.58 bits per heavy atom. The predicted molar refractivity (Wildman–Crippen MR) is 45.5 cm³/mol. The molecular formula is C8H14N2O2. The lowest BCUT2D eigenvalue weighted by Gasteiger charge is -2.45. The van der Waals surface area contributed by atoms with E-state index >= 15 is 0 Å². The van der Waals surface area contributed by atoms with Crippen molar-refractivity contribution in [2.45, 2.75) is 12.1 Å². The summed E-state index contributed by atoms with van der Waals surface area (Å²) in [6.07, 6.45) is 1.30. The van der Waals surface area contributed by atoms with Gasteiger partial charge in [-0.25, -0.2) is 0 Å². The van der Waals surface area contributed by atoms with Crippen molar-refractivity contribution < 1.29 is 9.53 Å². The first-order valence-corrected chi connectivity index (χ1v) is 3.88. The molecule has 0 aliphatic carbocycles. The molecule has 1 saturated heterocycles. The van der Waals surface area contributed by atoms with Gasteiger partial charge in [-0.3, -0.25) is 4.79 Å². The number of hydrogen-bond donors (Lipinski definition) is 1. The molecule has 0 spiro atoms. The number of amides is 1. The molecule has 2 atom stereocenters. The van der Waals surface area contributed by atoms with Crippen LogP contribution in [-0.2, 0) is 9.53 Å². The quantitative estimate of drug-likeness (QED) is 0.573. The van der Waals surface area contributed by atoms with Crippen LogP contribution < -0.4 is 5.73 Å². The lowest BCUT2D eigenvalue weighted by Crippen LogP contribution is -2.67. The molecule has 1 amide bonds. The Morgan fingerprint density at radius 1 is 1.92 bits per heavy atom. The second-order valence-electron chi connectivity index (χ2n) is 2.88. The van der Waals surface area contributed by atoms with Crippen molar-refractivity contribution in [3.63, 3.8) is 0 Å². The van der Waals surface area contributed by atoms with Gasteiger partial charge in [0.05, 0.1) is 12.6 Å². The minimum absolute atomic E-state index is 0.0282. The summed E-state index contributed by atoms with van der Waals surface area (Å²) in [4.78, 5) is 12.8. The largest absolute Gasteiger partial charge is 0.382 e. The van der Waals surface area contributed by atoms with Crippen molar-refractivity contribution >= 4 is 5.91 Å². The van der Waals surface area contributed by atoms with Gasteiger partial charge in [0.15, 0.2) is 0 Å². The summed E-state index contributed by atoms with van der Waals surface area (Å²) in [6.45, 7) is 4.52. The van der Waals surface area contributed by atoms with Crippen LogP contribution in [0.1, 0.15) is 0 Å². The number of carbonyl (C=O) groups is 1. The molecule has 0 radical (unpaired) electrons. The molecule has 0 aromatic heterocycles. The molecule has 0 saturated carbocycles. The zero-order valence-corrected chi connectivity index (χ0v) is 7.19. The minimum atomic E-state index is -0.0706. The van der Waals surface area contributed by atoms with Gasteiger partial charge in [-0.05, 0) is 6.08 Å². The SMILES string of the molecule is C=CC(=O)N1CC(N)C1COC. The first-order valence-electron chi connectivity index (χ1n) is 3.88. The zero-order chi connectivity index (χ0) is 9.14. The van der Waals surface area contributed by atoms with E-state index in [0.717, 1.165) is 0 Å². The lowest BCUT2D eigenvalue weighted by atomic mass is 9.98. The van der Waals surface area contributed by atoms with Gasteiger partial charge in [-0.2, -0.15) is 0 Å². The Kier molecular flexibility index (Phi) is 2.83. The average molecular weight is 170 g/mol. The fourth-order valence-corrected chi connectivity index (χ4v) is 1.33. The first-order chi connectivity index (χ1) is 5.70. The van der Waals surface area contributed by atoms with Gasteiger partial charge in [0.25, 0.3) is 0 Å². The van der Waals surface area contributed by atoms with E-state index in [4.69, 9.17) is 10.5 Å². The van der Waals surface area contributed by atoms with E-state index in [2.05, 4.69) is 6.58 Å². The summed E-state index contributed by atoms with van der Waals surface area (Å²) in [6, 6.07) is 0.0781. The third-order valence-electron chi connectivity index (χ3n) is 2.10. The Labute approximate surface area is 72.0 Å². The molecule has 1 rings (SSSR count). The van der Waals surface area contributed by atoms with Crippen molar-refractivity contribution in [2.75, 3.05) is 20.3 Å². The highest BCUT2D eigenvalue weighted by molar-refractivity contribution is 5.88. The van der Waals surface area contributed by atoms with Crippen LogP contribution in [0.4, 0.5) is 0 Å². The van der Waals surface area contributed by atoms with E-state index in [1.807, 2.05) is 0 Å². The van der Waals surface area contributed by atoms with E-state index in [1.165, 1.54) is 6.08 Å². The molecule has 2 N–H and O–H groups in total. The standard InChI is InChI=1S/C8H14N2O2/c1-3-8(11)10-4-6(9)7(10)5-12-2/h3,6-7H,1,4-5,9H2,2H3. The molecule has 0 aromatic carbocycles. The number of hydrogen-bond acceptors (Lipinski definition) is 3. The molecule has 1 aliphatic heterocycles. The lowest BCUT2D eigenvalue weighted by molar-refractivity contribution is -0.137. The monoisotopic (exact) mass is 170 g/mol. The highest BCUT2D eigenvalue weighted by Gasteiger charge is 2.38. The second kappa shape index (κ2) is 3.69. The molecular weight excluding hydrogens is 156 g/mol. The second-order valence-corrected chi connectivity index (χ2v) is 2.88. The van der Waals surface area contributed by atoms with Gasteiger partial charge in [0.2, 0.25) is 5.91 Å². The van der Waals surface area contributed by atoms with E-state index in [-0.39, 0.29) is 18.0 Å². The van der Waals surface area contributed by atoms with E-state index in [9.17, 15) is 4.79 Å². The van der Waals surface area contributed by atoms with Crippen LogP contribution in [0.25, 0.3) is 0 Å². The average Bonchev–Trinajstić information content (AvgIpc) is 2.09. The van der Waals surface area contributed by atoms with Crippen molar-refractivity contribution in [3.8, 4) is 0 Å². The molecule has 1 aliphatic rings. The fourth-order valence-electron chi connectivity index (χ4n) is 1.33. The summed E-state index contributed by atoms with van der Waals surface area (Å²) < 4.78 is 4.93. The van der Waals surface area contributed by atoms with E-state index < -0.39 is 0 Å². The normalized spacial score (nSPS) is 28.0. The van der Waals surface area contributed by atoms with Gasteiger partial charge in [0, 0.05) is 19.7 Å². The number of rotatable bonds is 3. The van der Waals surface area contributed by atoms with Crippen LogP contribution in [0.3, 0.4) is 0 Å². The van der Waals surface area contributed by atoms with Crippen molar-refractivity contribution in [2.24, 2.45) is 5.73 Å². The van der Waals surface area contributed by atoms with Gasteiger partial charge >= 0.3 is 0 Å². The Balaban J connectivity index is 2.47. The summed E-state index contributed by atoms with van der Waals surface area (Å²) in [5.74, 6) is -0.0706. The number of nitrogens with zero attached hydrogens (tertiary/aromatic N) is 1. The van der Waals surface area contributed by atoms with E-state index in [1.54, 1.807) is 12.0 Å². The Hall–Kier alpha value is -0.870. The molecule has 2 unspecified atom stereocenters. The highest BCUT2D eigenvalue weighted by Crippen LogP contribution is 2.16. The summed E-state index contributed by atoms with van der Waals surface area (Å²) >= 11 is 0. The predicted octanol–water partition coefficient (Wildman–Crippen LogP) is -0.643. The van der Waals surface area contributed by atoms with Crippen LogP contribution in [0.2, 0.25) is 0 Å². The third kappa shape index (κ3) is 1.49. The van der Waals surface area contributed by atoms with Crippen LogP contribution in [0.5, 0.6) is 0 Å². The number of carbonyl (C=O) groups excluding carboxylic acids is 1. The summed E-state index contributed by atoms with van der Waals surface area (Å²) in [5, 5.41) is 0. The number of methoxy groups -OCH3 is 1. The molecule has 0 bridgehead atoms. The van der Waals surface area contributed by atoms with Gasteiger partial charge < -0.3 is 15.4 Å². The Bertz CT molecular complexity index is 193. The van der Waals surface area contributed by atoms with Crippen LogP contribution >= 0.6 is 0 Å². The summed E-state index contributed by atoms with van der Waals surface area (Å²) in [7, 11) is 1.60. The maximum absolute atomic E-state index is 11.1. The van der Waals surface area contributed by atoms with E-state index in [0.29, 0.717) is 13.2 Å². The molecule has 4 nitrogen and oxygen atoms in total. The maximum atomic E-state index is 11.1. The summed E-state index contributed by atoms with van der Waals surface area (Å²) in [5.41, 5.74) is 5.68. The molecule has 4 heteroatoms. The molecule has 68 valence electrons. The fraction of sp³-hybridized carbons (Fsp3) is 0.625. The Morgan fingerprint density at radius 3 is 3.00 bits per heavy atom. The van der Waals surface area contributed by atoms with Gasteiger partial charge in [0.1, 0.15) is 0 Å². The molecule has 1 fully saturated rings. The van der Waals surface area contributed by atoms with Gasteiger partial charge in [-0.15, -0.1) is 0 Å². The van der Waals surface area contributed by atoms with Gasteiger partial charge in [-0.1, -0.05) is 6.58 Å². The third-order valence-corrected chi connectivity index (χ3v) is 2.10. The van der Waals surface area contributed by atoms with Crippen LogP contribution in [0.15, 0.2) is 12.7 Å². The topological polar surface area (TPSA) is 55.6 Å². The van der Waals surface area contributed by atoms with Crippen molar-refractivity contribution in [3.05, 3.63) is 12.7 Å². The van der Waals surface area contributed by atoms with Crippen LogP contribution in [0, 0.1) is 0 Å². The number of ether oxygens (including phenoxy) is 1. The smallest absolute Gasteiger partial charge is 0.246 e. The molecule has 12 heavy (non-hydrogen) atoms. The molecule has 1 heterocycles. The zero-order valence-electron chi connectivity index (χ0n) is 7.19. The van der Waals surface area contributed by atoms with Crippen LogP contribution in [-0.4, -0.2) is 43.2 Å². The first kappa shape index (κ1) is 9.22. The minimum Gasteiger partial charge on any atom is -0.382 e. The molecule has 0 aromatic rings.